The first-order valence-electron chi connectivity index (χ1n) is 9.42. The van der Waals surface area contributed by atoms with Crippen molar-refractivity contribution in [1.82, 2.24) is 25.3 Å². The quantitative estimate of drug-likeness (QED) is 0.607. The second-order valence-corrected chi connectivity index (χ2v) is 6.66. The van der Waals surface area contributed by atoms with Gasteiger partial charge in [-0.3, -0.25) is 9.78 Å². The molecule has 1 amide bonds. The van der Waals surface area contributed by atoms with Crippen LogP contribution in [0, 0.1) is 0 Å². The number of nitrogens with zero attached hydrogens (tertiary/aromatic N) is 5. The Bertz CT molecular complexity index is 989. The lowest BCUT2D eigenvalue weighted by atomic mass is 10.1. The van der Waals surface area contributed by atoms with Gasteiger partial charge in [0.05, 0.1) is 11.9 Å². The number of carbonyl (C=O) groups excluding carboxylic acids is 1. The maximum absolute atomic E-state index is 11.6. The normalized spacial score (nSPS) is 13.8. The third-order valence-corrected chi connectivity index (χ3v) is 4.45. The average molecular weight is 390 g/mol. The van der Waals surface area contributed by atoms with E-state index in [1.807, 2.05) is 18.2 Å². The Morgan fingerprint density at radius 3 is 2.69 bits per heavy atom. The van der Waals surface area contributed by atoms with Gasteiger partial charge in [-0.15, -0.1) is 0 Å². The van der Waals surface area contributed by atoms with Gasteiger partial charge >= 0.3 is 0 Å². The summed E-state index contributed by atoms with van der Waals surface area (Å²) in [7, 11) is 0. The third-order valence-electron chi connectivity index (χ3n) is 4.45. The van der Waals surface area contributed by atoms with Crippen molar-refractivity contribution in [3.63, 3.8) is 0 Å². The van der Waals surface area contributed by atoms with E-state index in [0.29, 0.717) is 17.3 Å². The van der Waals surface area contributed by atoms with Crippen LogP contribution in [0.15, 0.2) is 49.1 Å². The molecule has 9 heteroatoms. The van der Waals surface area contributed by atoms with E-state index in [1.54, 1.807) is 30.9 Å². The van der Waals surface area contributed by atoms with Crippen molar-refractivity contribution in [2.75, 3.05) is 41.7 Å². The Balaban J connectivity index is 1.68. The fourth-order valence-corrected chi connectivity index (χ4v) is 3.16. The summed E-state index contributed by atoms with van der Waals surface area (Å²) < 4.78 is 0. The molecular weight excluding hydrogens is 368 g/mol. The molecule has 0 bridgehead atoms. The summed E-state index contributed by atoms with van der Waals surface area (Å²) >= 11 is 0. The highest BCUT2D eigenvalue weighted by Crippen LogP contribution is 2.27. The van der Waals surface area contributed by atoms with Crippen molar-refractivity contribution >= 4 is 29.0 Å². The Morgan fingerprint density at radius 1 is 1.07 bits per heavy atom. The second kappa shape index (κ2) is 8.61. The van der Waals surface area contributed by atoms with Gasteiger partial charge < -0.3 is 20.9 Å². The van der Waals surface area contributed by atoms with Gasteiger partial charge in [0.2, 0.25) is 5.91 Å². The number of nitrogens with one attached hydrogen (secondary N) is 3. The summed E-state index contributed by atoms with van der Waals surface area (Å²) in [5, 5.41) is 9.31. The van der Waals surface area contributed by atoms with Crippen LogP contribution in [0.1, 0.15) is 6.92 Å². The minimum absolute atomic E-state index is 0.149. The van der Waals surface area contributed by atoms with Crippen molar-refractivity contribution in [2.45, 2.75) is 6.92 Å². The fraction of sp³-hybridized carbons (Fsp3) is 0.250. The first kappa shape index (κ1) is 18.8. The van der Waals surface area contributed by atoms with E-state index in [-0.39, 0.29) is 5.91 Å². The zero-order valence-corrected chi connectivity index (χ0v) is 16.1. The molecule has 3 aromatic heterocycles. The molecule has 0 radical (unpaired) electrons. The number of piperazine rings is 1. The van der Waals surface area contributed by atoms with Crippen molar-refractivity contribution in [3.8, 4) is 11.3 Å². The molecule has 0 spiro atoms. The maximum atomic E-state index is 11.6. The van der Waals surface area contributed by atoms with Gasteiger partial charge in [0.1, 0.15) is 17.5 Å². The highest BCUT2D eigenvalue weighted by Gasteiger charge is 2.14. The monoisotopic (exact) mass is 390 g/mol. The Kier molecular flexibility index (Phi) is 5.57. The predicted molar refractivity (Wildman–Crippen MR) is 112 cm³/mol. The largest absolute Gasteiger partial charge is 0.354 e. The number of hydrogen-bond acceptors (Lipinski definition) is 8. The topological polar surface area (TPSA) is 108 Å². The summed E-state index contributed by atoms with van der Waals surface area (Å²) in [5.41, 5.74) is 2.29. The van der Waals surface area contributed by atoms with Crippen molar-refractivity contribution < 1.29 is 4.79 Å². The number of pyridine rings is 2. The zero-order chi connectivity index (χ0) is 20.1. The molecule has 4 heterocycles. The molecule has 0 aliphatic carbocycles. The highest BCUT2D eigenvalue weighted by molar-refractivity contribution is 5.90. The van der Waals surface area contributed by atoms with E-state index >= 15 is 0 Å². The smallest absolute Gasteiger partial charge is 0.221 e. The van der Waals surface area contributed by atoms with Crippen LogP contribution < -0.4 is 20.9 Å². The Morgan fingerprint density at radius 2 is 1.93 bits per heavy atom. The van der Waals surface area contributed by atoms with Gasteiger partial charge in [0.15, 0.2) is 0 Å². The van der Waals surface area contributed by atoms with Crippen molar-refractivity contribution in [2.24, 2.45) is 0 Å². The van der Waals surface area contributed by atoms with E-state index in [1.165, 1.54) is 6.92 Å². The van der Waals surface area contributed by atoms with Crippen LogP contribution in [0.4, 0.5) is 23.1 Å². The average Bonchev–Trinajstić information content (AvgIpc) is 2.74. The molecule has 0 atom stereocenters. The molecule has 0 unspecified atom stereocenters. The maximum Gasteiger partial charge on any atom is 0.221 e. The summed E-state index contributed by atoms with van der Waals surface area (Å²) in [6.45, 7) is 5.18. The zero-order valence-electron chi connectivity index (χ0n) is 16.1. The molecule has 3 N–H and O–H groups in total. The predicted octanol–water partition coefficient (Wildman–Crippen LogP) is 2.05. The van der Waals surface area contributed by atoms with Crippen LogP contribution in [0.3, 0.4) is 0 Å². The van der Waals surface area contributed by atoms with E-state index < -0.39 is 0 Å². The SMILES string of the molecule is CC(=O)Nc1cc(Nc2cnccn2)nc(-c2ccnc(N3CCNCC3)c2)c1. The van der Waals surface area contributed by atoms with Gasteiger partial charge in [0, 0.05) is 69.0 Å². The molecule has 0 aromatic carbocycles. The number of rotatable bonds is 5. The molecule has 3 aromatic rings. The van der Waals surface area contributed by atoms with Gasteiger partial charge in [-0.1, -0.05) is 0 Å². The highest BCUT2D eigenvalue weighted by atomic mass is 16.1. The molecule has 9 nitrogen and oxygen atoms in total. The molecule has 4 rings (SSSR count). The standard InChI is InChI=1S/C20H22N8O/c1-14(29)25-16-11-17(26-18(12-16)27-19-13-22-4-5-23-19)15-2-3-24-20(10-15)28-8-6-21-7-9-28/h2-5,10-13,21H,6-9H2,1H3,(H2,23,25,26,27,29). The minimum atomic E-state index is -0.149. The Hall–Kier alpha value is -3.59. The lowest BCUT2D eigenvalue weighted by molar-refractivity contribution is -0.114. The van der Waals surface area contributed by atoms with Crippen LogP contribution in [0.25, 0.3) is 11.3 Å². The third kappa shape index (κ3) is 4.82. The van der Waals surface area contributed by atoms with Crippen LogP contribution in [-0.4, -0.2) is 52.0 Å². The fourth-order valence-electron chi connectivity index (χ4n) is 3.16. The first-order chi connectivity index (χ1) is 14.2. The lowest BCUT2D eigenvalue weighted by Crippen LogP contribution is -2.43. The van der Waals surface area contributed by atoms with Gasteiger partial charge in [-0.2, -0.15) is 0 Å². The van der Waals surface area contributed by atoms with Crippen LogP contribution in [-0.2, 0) is 4.79 Å². The number of aromatic nitrogens is 4. The molecule has 1 aliphatic rings. The van der Waals surface area contributed by atoms with Crippen LogP contribution in [0.5, 0.6) is 0 Å². The van der Waals surface area contributed by atoms with Gasteiger partial charge in [-0.25, -0.2) is 15.0 Å². The van der Waals surface area contributed by atoms with E-state index in [4.69, 9.17) is 4.98 Å². The summed E-state index contributed by atoms with van der Waals surface area (Å²) in [6.07, 6.45) is 6.60. The molecule has 0 saturated carbocycles. The van der Waals surface area contributed by atoms with Gasteiger partial charge in [0.25, 0.3) is 0 Å². The molecule has 1 fully saturated rings. The van der Waals surface area contributed by atoms with Gasteiger partial charge in [-0.05, 0) is 18.2 Å². The van der Waals surface area contributed by atoms with Crippen molar-refractivity contribution in [3.05, 3.63) is 49.1 Å². The first-order valence-corrected chi connectivity index (χ1v) is 9.42. The number of carbonyl (C=O) groups is 1. The molecule has 29 heavy (non-hydrogen) atoms. The van der Waals surface area contributed by atoms with E-state index in [9.17, 15) is 4.79 Å². The van der Waals surface area contributed by atoms with Crippen LogP contribution in [0.2, 0.25) is 0 Å². The number of amides is 1. The second-order valence-electron chi connectivity index (χ2n) is 6.66. The molecular formula is C20H22N8O. The summed E-state index contributed by atoms with van der Waals surface area (Å²) in [6, 6.07) is 7.55. The van der Waals surface area contributed by atoms with Crippen molar-refractivity contribution in [1.29, 1.82) is 0 Å². The summed E-state index contributed by atoms with van der Waals surface area (Å²) in [4.78, 5) is 31.3. The van der Waals surface area contributed by atoms with E-state index in [2.05, 4.69) is 35.8 Å². The molecule has 1 aliphatic heterocycles. The number of hydrogen-bond donors (Lipinski definition) is 3. The van der Waals surface area contributed by atoms with E-state index in [0.717, 1.165) is 43.3 Å². The molecule has 148 valence electrons. The summed E-state index contributed by atoms with van der Waals surface area (Å²) in [5.74, 6) is 1.90. The molecule has 1 saturated heterocycles. The number of anilines is 4. The minimum Gasteiger partial charge on any atom is -0.354 e. The Labute approximate surface area is 168 Å². The lowest BCUT2D eigenvalue weighted by Gasteiger charge is -2.28. The van der Waals surface area contributed by atoms with Crippen LogP contribution >= 0.6 is 0 Å².